The van der Waals surface area contributed by atoms with Gasteiger partial charge < -0.3 is 15.2 Å². The monoisotopic (exact) mass is 342 g/mol. The summed E-state index contributed by atoms with van der Waals surface area (Å²) in [6.07, 6.45) is 3.44. The van der Waals surface area contributed by atoms with Gasteiger partial charge in [0.1, 0.15) is 0 Å². The molecule has 0 spiro atoms. The number of likely N-dealkylation sites (tertiary alicyclic amines) is 1. The van der Waals surface area contributed by atoms with Crippen LogP contribution in [-0.4, -0.2) is 38.8 Å². The average Bonchev–Trinajstić information content (AvgIpc) is 2.60. The fourth-order valence-corrected chi connectivity index (χ4v) is 3.49. The predicted octanol–water partition coefficient (Wildman–Crippen LogP) is 2.95. The third-order valence-electron chi connectivity index (χ3n) is 4.00. The topological polar surface area (TPSA) is 47.7 Å². The number of benzene rings is 1. The van der Waals surface area contributed by atoms with Gasteiger partial charge in [0.05, 0.1) is 20.3 Å². The van der Waals surface area contributed by atoms with Gasteiger partial charge in [-0.2, -0.15) is 0 Å². The quantitative estimate of drug-likeness (QED) is 0.917. The number of nitrogens with zero attached hydrogens (tertiary/aromatic N) is 1. The van der Waals surface area contributed by atoms with Crippen molar-refractivity contribution in [3.05, 3.63) is 22.2 Å². The Kier molecular flexibility index (Phi) is 5.29. The first-order valence-electron chi connectivity index (χ1n) is 6.95. The number of likely N-dealkylation sites (N-methyl/N-ethyl adjacent to an activating group) is 1. The maximum absolute atomic E-state index is 6.40. The zero-order valence-electron chi connectivity index (χ0n) is 12.4. The van der Waals surface area contributed by atoms with E-state index in [4.69, 9.17) is 15.2 Å². The summed E-state index contributed by atoms with van der Waals surface area (Å²) < 4.78 is 11.8. The molecule has 2 N–H and O–H groups in total. The van der Waals surface area contributed by atoms with Crippen LogP contribution in [0, 0.1) is 0 Å². The molecule has 1 aromatic carbocycles. The SMILES string of the molecule is COc1cc(Br)c(C2C(N)CCCCN2C)cc1OC. The fraction of sp³-hybridized carbons (Fsp3) is 0.600. The van der Waals surface area contributed by atoms with E-state index in [-0.39, 0.29) is 12.1 Å². The normalized spacial score (nSPS) is 24.2. The summed E-state index contributed by atoms with van der Waals surface area (Å²) in [5, 5.41) is 0. The van der Waals surface area contributed by atoms with E-state index in [1.54, 1.807) is 14.2 Å². The van der Waals surface area contributed by atoms with Crippen molar-refractivity contribution in [2.24, 2.45) is 5.73 Å². The highest BCUT2D eigenvalue weighted by Crippen LogP contribution is 2.39. The van der Waals surface area contributed by atoms with Crippen LogP contribution in [0.1, 0.15) is 30.9 Å². The van der Waals surface area contributed by atoms with Crippen LogP contribution in [0.4, 0.5) is 0 Å². The fourth-order valence-electron chi connectivity index (χ4n) is 2.93. The van der Waals surface area contributed by atoms with Gasteiger partial charge in [-0.25, -0.2) is 0 Å². The van der Waals surface area contributed by atoms with Gasteiger partial charge in [0, 0.05) is 10.5 Å². The summed E-state index contributed by atoms with van der Waals surface area (Å²) in [6, 6.07) is 4.33. The number of rotatable bonds is 3. The van der Waals surface area contributed by atoms with Crippen LogP contribution in [0.15, 0.2) is 16.6 Å². The summed E-state index contributed by atoms with van der Waals surface area (Å²) in [5.74, 6) is 1.48. The van der Waals surface area contributed by atoms with Gasteiger partial charge >= 0.3 is 0 Å². The van der Waals surface area contributed by atoms with Crippen molar-refractivity contribution < 1.29 is 9.47 Å². The van der Waals surface area contributed by atoms with E-state index in [2.05, 4.69) is 27.9 Å². The van der Waals surface area contributed by atoms with E-state index in [1.165, 1.54) is 18.4 Å². The Morgan fingerprint density at radius 3 is 2.50 bits per heavy atom. The van der Waals surface area contributed by atoms with E-state index >= 15 is 0 Å². The molecule has 1 aromatic rings. The van der Waals surface area contributed by atoms with Gasteiger partial charge in [0.2, 0.25) is 0 Å². The van der Waals surface area contributed by atoms with Crippen LogP contribution in [0.2, 0.25) is 0 Å². The Hall–Kier alpha value is -0.780. The lowest BCUT2D eigenvalue weighted by Gasteiger charge is -2.31. The lowest BCUT2D eigenvalue weighted by Crippen LogP contribution is -2.37. The molecule has 0 saturated carbocycles. The van der Waals surface area contributed by atoms with Crippen molar-refractivity contribution in [3.63, 3.8) is 0 Å². The zero-order valence-corrected chi connectivity index (χ0v) is 13.9. The summed E-state index contributed by atoms with van der Waals surface area (Å²) in [7, 11) is 5.44. The molecule has 1 saturated heterocycles. The minimum absolute atomic E-state index is 0.136. The third-order valence-corrected chi connectivity index (χ3v) is 4.69. The average molecular weight is 343 g/mol. The van der Waals surface area contributed by atoms with Crippen LogP contribution in [0.3, 0.4) is 0 Å². The lowest BCUT2D eigenvalue weighted by molar-refractivity contribution is 0.228. The van der Waals surface area contributed by atoms with Crippen molar-refractivity contribution in [1.82, 2.24) is 4.90 Å². The van der Waals surface area contributed by atoms with Gasteiger partial charge in [0.25, 0.3) is 0 Å². The van der Waals surface area contributed by atoms with Gasteiger partial charge in [-0.1, -0.05) is 22.4 Å². The molecule has 1 heterocycles. The summed E-state index contributed by atoms with van der Waals surface area (Å²) in [4.78, 5) is 2.34. The van der Waals surface area contributed by atoms with Crippen LogP contribution in [-0.2, 0) is 0 Å². The second-order valence-corrected chi connectivity index (χ2v) is 6.17. The maximum Gasteiger partial charge on any atom is 0.161 e. The molecule has 2 unspecified atom stereocenters. The van der Waals surface area contributed by atoms with Crippen molar-refractivity contribution in [2.75, 3.05) is 27.8 Å². The second-order valence-electron chi connectivity index (χ2n) is 5.31. The van der Waals surface area contributed by atoms with Gasteiger partial charge in [-0.05, 0) is 44.1 Å². The predicted molar refractivity (Wildman–Crippen MR) is 84.4 cm³/mol. The highest BCUT2D eigenvalue weighted by atomic mass is 79.9. The molecular weight excluding hydrogens is 320 g/mol. The minimum Gasteiger partial charge on any atom is -0.493 e. The summed E-state index contributed by atoms with van der Waals surface area (Å²) in [5.41, 5.74) is 7.56. The van der Waals surface area contributed by atoms with E-state index in [0.29, 0.717) is 0 Å². The van der Waals surface area contributed by atoms with Gasteiger partial charge in [-0.15, -0.1) is 0 Å². The maximum atomic E-state index is 6.40. The number of methoxy groups -OCH3 is 2. The molecule has 0 radical (unpaired) electrons. The first kappa shape index (κ1) is 15.6. The Bertz CT molecular complexity index is 455. The molecule has 1 aliphatic heterocycles. The molecule has 5 heteroatoms. The van der Waals surface area contributed by atoms with E-state index in [9.17, 15) is 0 Å². The van der Waals surface area contributed by atoms with Crippen molar-refractivity contribution >= 4 is 15.9 Å². The van der Waals surface area contributed by atoms with E-state index in [1.807, 2.05) is 12.1 Å². The molecule has 1 aliphatic rings. The van der Waals surface area contributed by atoms with Crippen LogP contribution in [0.25, 0.3) is 0 Å². The smallest absolute Gasteiger partial charge is 0.161 e. The molecule has 4 nitrogen and oxygen atoms in total. The molecule has 0 bridgehead atoms. The molecule has 1 fully saturated rings. The molecule has 2 atom stereocenters. The number of ether oxygens (including phenoxy) is 2. The highest BCUT2D eigenvalue weighted by molar-refractivity contribution is 9.10. The molecule has 0 aliphatic carbocycles. The van der Waals surface area contributed by atoms with Crippen LogP contribution >= 0.6 is 15.9 Å². The van der Waals surface area contributed by atoms with E-state index < -0.39 is 0 Å². The first-order valence-corrected chi connectivity index (χ1v) is 7.75. The number of halogens is 1. The molecular formula is C15H23BrN2O2. The standard InChI is InChI=1S/C15H23BrN2O2/c1-18-7-5-4-6-12(17)15(18)10-8-13(19-2)14(20-3)9-11(10)16/h8-9,12,15H,4-7,17H2,1-3H3. The number of nitrogens with two attached hydrogens (primary N) is 1. The molecule has 0 amide bonds. The minimum atomic E-state index is 0.136. The van der Waals surface area contributed by atoms with Gasteiger partial charge in [-0.3, -0.25) is 4.90 Å². The highest BCUT2D eigenvalue weighted by Gasteiger charge is 2.29. The van der Waals surface area contributed by atoms with Crippen molar-refractivity contribution in [1.29, 1.82) is 0 Å². The van der Waals surface area contributed by atoms with Crippen molar-refractivity contribution in [2.45, 2.75) is 31.3 Å². The lowest BCUT2D eigenvalue weighted by atomic mass is 9.96. The van der Waals surface area contributed by atoms with Gasteiger partial charge in [0.15, 0.2) is 11.5 Å². The Labute approximate surface area is 129 Å². The first-order chi connectivity index (χ1) is 9.58. The third kappa shape index (κ3) is 3.10. The molecule has 20 heavy (non-hydrogen) atoms. The Balaban J connectivity index is 2.44. The summed E-state index contributed by atoms with van der Waals surface area (Å²) >= 11 is 3.65. The van der Waals surface area contributed by atoms with Crippen LogP contribution in [0.5, 0.6) is 11.5 Å². The largest absolute Gasteiger partial charge is 0.493 e. The Morgan fingerprint density at radius 2 is 1.85 bits per heavy atom. The zero-order chi connectivity index (χ0) is 14.7. The summed E-state index contributed by atoms with van der Waals surface area (Å²) in [6.45, 7) is 1.07. The Morgan fingerprint density at radius 1 is 1.20 bits per heavy atom. The second kappa shape index (κ2) is 6.78. The van der Waals surface area contributed by atoms with Crippen LogP contribution < -0.4 is 15.2 Å². The number of hydrogen-bond donors (Lipinski definition) is 1. The van der Waals surface area contributed by atoms with E-state index in [0.717, 1.165) is 28.9 Å². The molecule has 112 valence electrons. The number of hydrogen-bond acceptors (Lipinski definition) is 4. The molecule has 2 rings (SSSR count). The van der Waals surface area contributed by atoms with Crippen molar-refractivity contribution in [3.8, 4) is 11.5 Å². The molecule has 0 aromatic heterocycles.